The minimum Gasteiger partial charge on any atom is -0.366 e. The van der Waals surface area contributed by atoms with Crippen LogP contribution in [0.2, 0.25) is 0 Å². The zero-order valence-corrected chi connectivity index (χ0v) is 11.1. The Labute approximate surface area is 110 Å². The summed E-state index contributed by atoms with van der Waals surface area (Å²) >= 11 is 0. The maximum absolute atomic E-state index is 11.4. The van der Waals surface area contributed by atoms with Crippen molar-refractivity contribution in [2.45, 2.75) is 57.8 Å². The summed E-state index contributed by atoms with van der Waals surface area (Å²) in [4.78, 5) is 11.4. The van der Waals surface area contributed by atoms with Gasteiger partial charge in [-0.25, -0.2) is 0 Å². The summed E-state index contributed by atoms with van der Waals surface area (Å²) in [6.07, 6.45) is 17.1. The highest BCUT2D eigenvalue weighted by molar-refractivity contribution is 5.95. The van der Waals surface area contributed by atoms with Crippen LogP contribution in [0.5, 0.6) is 0 Å². The Bertz CT molecular complexity index is 401. The number of hydrogen-bond acceptors (Lipinski definition) is 1. The van der Waals surface area contributed by atoms with E-state index in [1.165, 1.54) is 43.3 Å². The van der Waals surface area contributed by atoms with Crippen LogP contribution in [0.4, 0.5) is 0 Å². The summed E-state index contributed by atoms with van der Waals surface area (Å²) in [5, 5.41) is 0. The smallest absolute Gasteiger partial charge is 0.245 e. The number of amides is 1. The molecule has 2 nitrogen and oxygen atoms in total. The molecule has 2 aliphatic carbocycles. The van der Waals surface area contributed by atoms with Crippen molar-refractivity contribution in [2.24, 2.45) is 5.73 Å². The molecule has 0 heterocycles. The van der Waals surface area contributed by atoms with Crippen molar-refractivity contribution in [1.82, 2.24) is 0 Å². The van der Waals surface area contributed by atoms with Crippen molar-refractivity contribution < 1.29 is 4.79 Å². The van der Waals surface area contributed by atoms with Gasteiger partial charge in [-0.15, -0.1) is 0 Å². The Morgan fingerprint density at radius 2 is 1.78 bits per heavy atom. The number of nitrogens with two attached hydrogens (primary N) is 1. The zero-order chi connectivity index (χ0) is 12.8. The van der Waals surface area contributed by atoms with Crippen molar-refractivity contribution >= 4 is 5.91 Å². The molecule has 0 aliphatic heterocycles. The summed E-state index contributed by atoms with van der Waals surface area (Å²) in [5.74, 6) is -0.239. The minimum atomic E-state index is -0.239. The van der Waals surface area contributed by atoms with Crippen molar-refractivity contribution in [1.29, 1.82) is 0 Å². The number of primary amides is 1. The molecule has 2 heteroatoms. The highest BCUT2D eigenvalue weighted by Crippen LogP contribution is 2.32. The van der Waals surface area contributed by atoms with Crippen LogP contribution in [-0.4, -0.2) is 5.91 Å². The molecular formula is C16H23NO. The molecule has 0 aromatic heterocycles. The zero-order valence-electron chi connectivity index (χ0n) is 11.1. The number of fused-ring (bicyclic) bond motifs is 1. The van der Waals surface area contributed by atoms with E-state index in [9.17, 15) is 4.79 Å². The molecular weight excluding hydrogens is 222 g/mol. The SMILES string of the molecule is NC(=O)C1=C2C/C=C\CCCCCCCC2=CC1. The normalized spacial score (nSPS) is 23.7. The lowest BCUT2D eigenvalue weighted by Crippen LogP contribution is -2.14. The topological polar surface area (TPSA) is 43.1 Å². The lowest BCUT2D eigenvalue weighted by molar-refractivity contribution is -0.114. The molecule has 0 aromatic carbocycles. The van der Waals surface area contributed by atoms with E-state index in [-0.39, 0.29) is 5.91 Å². The molecule has 0 radical (unpaired) electrons. The molecule has 2 rings (SSSR count). The van der Waals surface area contributed by atoms with Gasteiger partial charge in [-0.1, -0.05) is 37.5 Å². The molecule has 1 amide bonds. The fraction of sp³-hybridized carbons (Fsp3) is 0.562. The molecule has 0 atom stereocenters. The van der Waals surface area contributed by atoms with Gasteiger partial charge in [0.05, 0.1) is 0 Å². The van der Waals surface area contributed by atoms with Crippen LogP contribution in [0.1, 0.15) is 57.8 Å². The maximum Gasteiger partial charge on any atom is 0.245 e. The van der Waals surface area contributed by atoms with Gasteiger partial charge < -0.3 is 5.73 Å². The van der Waals surface area contributed by atoms with Crippen LogP contribution in [0, 0.1) is 0 Å². The number of carbonyl (C=O) groups excluding carboxylic acids is 1. The quantitative estimate of drug-likeness (QED) is 0.702. The Morgan fingerprint density at radius 3 is 2.61 bits per heavy atom. The molecule has 0 bridgehead atoms. The monoisotopic (exact) mass is 245 g/mol. The predicted octanol–water partition coefficient (Wildman–Crippen LogP) is 3.79. The Kier molecular flexibility index (Phi) is 4.80. The molecule has 18 heavy (non-hydrogen) atoms. The number of allylic oxidation sites excluding steroid dienone is 5. The Balaban J connectivity index is 2.13. The first-order valence-corrected chi connectivity index (χ1v) is 7.15. The molecule has 2 N–H and O–H groups in total. The first kappa shape index (κ1) is 13.1. The molecule has 0 saturated heterocycles. The van der Waals surface area contributed by atoms with Crippen LogP contribution < -0.4 is 5.73 Å². The fourth-order valence-electron chi connectivity index (χ4n) is 2.85. The number of hydrogen-bond donors (Lipinski definition) is 1. The molecule has 98 valence electrons. The second-order valence-corrected chi connectivity index (χ2v) is 5.24. The second-order valence-electron chi connectivity index (χ2n) is 5.24. The minimum absolute atomic E-state index is 0.239. The molecule has 0 aromatic rings. The molecule has 0 fully saturated rings. The standard InChI is InChI=1S/C16H23NO/c17-16(18)15-12-11-13-9-7-5-3-1-2-4-6-8-10-14(13)15/h6,8,11H,1-5,7,9-10,12H2,(H2,17,18)/b8-6-. The average molecular weight is 245 g/mol. The summed E-state index contributed by atoms with van der Waals surface area (Å²) in [6.45, 7) is 0. The van der Waals surface area contributed by atoms with Crippen molar-refractivity contribution in [3.63, 3.8) is 0 Å². The Morgan fingerprint density at radius 1 is 1.00 bits per heavy atom. The van der Waals surface area contributed by atoms with Gasteiger partial charge in [0.2, 0.25) is 5.91 Å². The summed E-state index contributed by atoms with van der Waals surface area (Å²) in [5.41, 5.74) is 8.88. The third-order valence-electron chi connectivity index (χ3n) is 3.91. The van der Waals surface area contributed by atoms with Crippen LogP contribution in [0.25, 0.3) is 0 Å². The van der Waals surface area contributed by atoms with Crippen LogP contribution in [-0.2, 0) is 4.79 Å². The van der Waals surface area contributed by atoms with Gasteiger partial charge in [-0.05, 0) is 49.7 Å². The van der Waals surface area contributed by atoms with E-state index in [0.717, 1.165) is 31.3 Å². The Hall–Kier alpha value is -1.31. The summed E-state index contributed by atoms with van der Waals surface area (Å²) in [7, 11) is 0. The second kappa shape index (κ2) is 6.58. The first-order chi connectivity index (χ1) is 8.79. The lowest BCUT2D eigenvalue weighted by Gasteiger charge is -2.10. The van der Waals surface area contributed by atoms with Gasteiger partial charge in [0.1, 0.15) is 0 Å². The highest BCUT2D eigenvalue weighted by Gasteiger charge is 2.19. The van der Waals surface area contributed by atoms with E-state index in [1.807, 2.05) is 0 Å². The third kappa shape index (κ3) is 3.34. The van der Waals surface area contributed by atoms with Gasteiger partial charge >= 0.3 is 0 Å². The predicted molar refractivity (Wildman–Crippen MR) is 75.0 cm³/mol. The fourth-order valence-corrected chi connectivity index (χ4v) is 2.85. The van der Waals surface area contributed by atoms with Gasteiger partial charge in [-0.2, -0.15) is 0 Å². The number of carbonyl (C=O) groups is 1. The first-order valence-electron chi connectivity index (χ1n) is 7.15. The van der Waals surface area contributed by atoms with Crippen LogP contribution in [0.3, 0.4) is 0 Å². The van der Waals surface area contributed by atoms with E-state index in [2.05, 4.69) is 18.2 Å². The molecule has 2 aliphatic rings. The van der Waals surface area contributed by atoms with Crippen LogP contribution >= 0.6 is 0 Å². The van der Waals surface area contributed by atoms with E-state index in [0.29, 0.717) is 0 Å². The summed E-state index contributed by atoms with van der Waals surface area (Å²) < 4.78 is 0. The van der Waals surface area contributed by atoms with Gasteiger partial charge in [0, 0.05) is 5.57 Å². The van der Waals surface area contributed by atoms with E-state index >= 15 is 0 Å². The van der Waals surface area contributed by atoms with E-state index < -0.39 is 0 Å². The largest absolute Gasteiger partial charge is 0.366 e. The maximum atomic E-state index is 11.4. The highest BCUT2D eigenvalue weighted by atomic mass is 16.1. The lowest BCUT2D eigenvalue weighted by atomic mass is 9.96. The number of rotatable bonds is 1. The van der Waals surface area contributed by atoms with Gasteiger partial charge in [0.25, 0.3) is 0 Å². The van der Waals surface area contributed by atoms with E-state index in [4.69, 9.17) is 5.73 Å². The van der Waals surface area contributed by atoms with Gasteiger partial charge in [-0.3, -0.25) is 4.79 Å². The average Bonchev–Trinajstić information content (AvgIpc) is 2.72. The van der Waals surface area contributed by atoms with E-state index in [1.54, 1.807) is 0 Å². The van der Waals surface area contributed by atoms with Crippen molar-refractivity contribution in [2.75, 3.05) is 0 Å². The molecule has 0 saturated carbocycles. The molecule has 0 unspecified atom stereocenters. The van der Waals surface area contributed by atoms with Crippen LogP contribution in [0.15, 0.2) is 34.9 Å². The molecule has 0 spiro atoms. The third-order valence-corrected chi connectivity index (χ3v) is 3.91. The van der Waals surface area contributed by atoms with Crippen molar-refractivity contribution in [3.05, 3.63) is 34.9 Å². The van der Waals surface area contributed by atoms with Crippen molar-refractivity contribution in [3.8, 4) is 0 Å². The summed E-state index contributed by atoms with van der Waals surface area (Å²) in [6, 6.07) is 0. The van der Waals surface area contributed by atoms with Gasteiger partial charge in [0.15, 0.2) is 0 Å².